The van der Waals surface area contributed by atoms with E-state index in [0.717, 1.165) is 127 Å². The highest BCUT2D eigenvalue weighted by Gasteiger charge is 2.30. The topological polar surface area (TPSA) is 70.2 Å². The Balaban J connectivity index is 0.612. The van der Waals surface area contributed by atoms with Crippen molar-refractivity contribution < 1.29 is 0 Å². The van der Waals surface area contributed by atoms with Crippen molar-refractivity contribution in [2.24, 2.45) is 0 Å². The van der Waals surface area contributed by atoms with Crippen LogP contribution in [0.3, 0.4) is 0 Å². The average Bonchev–Trinajstić information content (AvgIpc) is 1.52. The van der Waals surface area contributed by atoms with Crippen LogP contribution in [0.1, 0.15) is 0 Å². The van der Waals surface area contributed by atoms with Gasteiger partial charge in [0.25, 0.3) is 0 Å². The van der Waals surface area contributed by atoms with Crippen LogP contribution in [-0.2, 0) is 0 Å². The first-order chi connectivity index (χ1) is 59.5. The van der Waals surface area contributed by atoms with Crippen LogP contribution in [-0.4, -0.2) is 37.9 Å². The first kappa shape index (κ1) is 65.1. The van der Waals surface area contributed by atoms with Crippen molar-refractivity contribution in [1.29, 1.82) is 0 Å². The van der Waals surface area contributed by atoms with Crippen LogP contribution in [0.25, 0.3) is 264 Å². The molecule has 0 N–H and O–H groups in total. The van der Waals surface area contributed by atoms with Gasteiger partial charge in [0.05, 0.1) is 71.9 Å². The Morgan fingerprint density at radius 1 is 0.183 bits per heavy atom. The highest BCUT2D eigenvalue weighted by atomic mass is 15.2. The second-order valence-corrected chi connectivity index (χ2v) is 32.3. The Kier molecular flexibility index (Phi) is 13.4. The number of aromatic nitrogens is 8. The van der Waals surface area contributed by atoms with Gasteiger partial charge in [-0.15, -0.1) is 0 Å². The summed E-state index contributed by atoms with van der Waals surface area (Å²) in [6.45, 7) is 0. The van der Waals surface area contributed by atoms with E-state index in [1.165, 1.54) is 126 Å². The molecule has 0 saturated heterocycles. The second-order valence-electron chi connectivity index (χ2n) is 32.3. The van der Waals surface area contributed by atoms with Crippen LogP contribution >= 0.6 is 0 Å². The molecule has 8 aromatic heterocycles. The molecular weight excluding hydrogens is 1460 g/mol. The Hall–Kier alpha value is -16.2. The second kappa shape index (κ2) is 24.7. The van der Waals surface area contributed by atoms with E-state index in [2.05, 4.69) is 406 Å². The molecule has 19 aromatic carbocycles. The molecule has 8 heteroatoms. The smallest absolute Gasteiger partial charge is 0.235 e. The molecule has 0 radical (unpaired) electrons. The van der Waals surface area contributed by atoms with Gasteiger partial charge in [0, 0.05) is 86.5 Å². The van der Waals surface area contributed by atoms with Gasteiger partial charge in [-0.05, 0) is 185 Å². The first-order valence-electron chi connectivity index (χ1n) is 41.1. The lowest BCUT2D eigenvalue weighted by atomic mass is 9.93. The molecule has 8 heterocycles. The SMILES string of the molecule is c1ccc(-c2ccc3c(c2)c2c4c5ccccc5n5c6cc(-c7ccccc7)ccc6c(cc2n3-c2nc(-c3cc6ccc(-c7ccc(-c8ccc9c(c8)c8c%10c%11ccccc%11n%11c%12cc(-c%13ccccc%13)ccc%12c(cc8n9-c8nc(-c9ccc%12ccccc%12c9)c9ccccc9n8)c%10%11)cc7)cc6c6ccccc36)nc3ccccc23)c45)cc1. The van der Waals surface area contributed by atoms with E-state index in [9.17, 15) is 0 Å². The third kappa shape index (κ3) is 9.29. The van der Waals surface area contributed by atoms with E-state index >= 15 is 0 Å². The third-order valence-corrected chi connectivity index (χ3v) is 26.0. The van der Waals surface area contributed by atoms with E-state index in [4.69, 9.17) is 19.9 Å². The highest BCUT2D eigenvalue weighted by Crippen LogP contribution is 2.52. The minimum Gasteiger partial charge on any atom is -0.308 e. The fourth-order valence-electron chi connectivity index (χ4n) is 20.6. The molecule has 8 nitrogen and oxygen atoms in total. The van der Waals surface area contributed by atoms with Crippen molar-refractivity contribution in [3.05, 3.63) is 388 Å². The lowest BCUT2D eigenvalue weighted by Crippen LogP contribution is -2.03. The van der Waals surface area contributed by atoms with Gasteiger partial charge in [-0.25, -0.2) is 19.9 Å². The highest BCUT2D eigenvalue weighted by molar-refractivity contribution is 6.38. The quantitative estimate of drug-likeness (QED) is 0.135. The van der Waals surface area contributed by atoms with E-state index in [0.29, 0.717) is 11.8 Å². The lowest BCUT2D eigenvalue weighted by molar-refractivity contribution is 1.01. The molecule has 0 aliphatic carbocycles. The summed E-state index contributed by atoms with van der Waals surface area (Å²) >= 11 is 0. The molecule has 120 heavy (non-hydrogen) atoms. The van der Waals surface area contributed by atoms with Crippen molar-refractivity contribution >= 4 is 174 Å². The first-order valence-corrected chi connectivity index (χ1v) is 41.1. The number of benzene rings is 19. The molecule has 552 valence electrons. The molecule has 0 fully saturated rings. The van der Waals surface area contributed by atoms with Gasteiger partial charge >= 0.3 is 0 Å². The minimum atomic E-state index is 0.622. The molecule has 0 atom stereocenters. The van der Waals surface area contributed by atoms with Gasteiger partial charge < -0.3 is 8.80 Å². The van der Waals surface area contributed by atoms with Gasteiger partial charge in [0.1, 0.15) is 5.82 Å². The molecule has 0 unspecified atom stereocenters. The van der Waals surface area contributed by atoms with Crippen molar-refractivity contribution in [3.63, 3.8) is 0 Å². The summed E-state index contributed by atoms with van der Waals surface area (Å²) in [5, 5.41) is 23.2. The van der Waals surface area contributed by atoms with Crippen LogP contribution in [0.15, 0.2) is 388 Å². The molecular formula is C112H64N8. The molecule has 0 spiro atoms. The number of hydrogen-bond donors (Lipinski definition) is 0. The van der Waals surface area contributed by atoms with E-state index in [1.807, 2.05) is 0 Å². The summed E-state index contributed by atoms with van der Waals surface area (Å²) in [7, 11) is 0. The minimum absolute atomic E-state index is 0.622. The Morgan fingerprint density at radius 3 is 1.20 bits per heavy atom. The third-order valence-electron chi connectivity index (χ3n) is 26.0. The summed E-state index contributed by atoms with van der Waals surface area (Å²) in [5.41, 5.74) is 27.7. The predicted octanol–water partition coefficient (Wildman–Crippen LogP) is 29.2. The maximum atomic E-state index is 5.91. The summed E-state index contributed by atoms with van der Waals surface area (Å²) in [4.78, 5) is 22.7. The maximum absolute atomic E-state index is 5.91. The van der Waals surface area contributed by atoms with Gasteiger partial charge in [0.2, 0.25) is 5.95 Å². The van der Waals surface area contributed by atoms with Crippen LogP contribution in [0.5, 0.6) is 0 Å². The van der Waals surface area contributed by atoms with Crippen molar-refractivity contribution in [1.82, 2.24) is 37.9 Å². The predicted molar refractivity (Wildman–Crippen MR) is 501 cm³/mol. The zero-order valence-electron chi connectivity index (χ0n) is 64.5. The molecule has 27 aromatic rings. The molecule has 0 bridgehead atoms. The molecule has 0 saturated carbocycles. The number of fused-ring (bicyclic) bond motifs is 26. The summed E-state index contributed by atoms with van der Waals surface area (Å²) in [5.74, 6) is 2.12. The van der Waals surface area contributed by atoms with E-state index in [1.54, 1.807) is 0 Å². The van der Waals surface area contributed by atoms with Gasteiger partial charge in [-0.2, -0.15) is 0 Å². The zero-order chi connectivity index (χ0) is 78.1. The summed E-state index contributed by atoms with van der Waals surface area (Å²) < 4.78 is 9.82. The van der Waals surface area contributed by atoms with Crippen molar-refractivity contribution in [3.8, 4) is 90.0 Å². The standard InChI is InChI=1S/C112H64N8/c1-4-22-65(23-5-1)73-50-54-97-91(58-73)103-101(63-88-81-52-48-75(66-24-6-2-7-25-66)61-99(81)117-95-38-20-16-34-85(95)105(103)108(88)117)119(97)111-84-33-15-19-37-94(84)113-110(116-111)90-60-77-46-45-72(57-87(77)79-30-12-13-31-80(79)90)69-40-42-70(43-41-69)74-51-55-98-92(59-74)104-102(120(98)112-114-93-36-18-14-32-83(93)107(115-112)78-47-44-68-28-10-11-29-71(68)56-78)64-89-82-53-49-76(67-26-8-3-9-27-67)62-100(82)118-96-39-21-17-35-86(96)106(104)109(89)118/h1-64H. The van der Waals surface area contributed by atoms with Gasteiger partial charge in [0.15, 0.2) is 5.82 Å². The van der Waals surface area contributed by atoms with Crippen LogP contribution in [0.2, 0.25) is 0 Å². The average molecular weight is 1520 g/mol. The fraction of sp³-hybridized carbons (Fsp3) is 0. The van der Waals surface area contributed by atoms with Gasteiger partial charge in [-0.1, -0.05) is 291 Å². The number of rotatable bonds is 9. The molecule has 27 rings (SSSR count). The van der Waals surface area contributed by atoms with Crippen LogP contribution in [0.4, 0.5) is 0 Å². The Labute approximate surface area is 685 Å². The zero-order valence-corrected chi connectivity index (χ0v) is 64.5. The normalized spacial score (nSPS) is 12.3. The maximum Gasteiger partial charge on any atom is 0.235 e. The molecule has 0 aliphatic rings. The van der Waals surface area contributed by atoms with Crippen molar-refractivity contribution in [2.45, 2.75) is 0 Å². The summed E-state index contributed by atoms with van der Waals surface area (Å²) in [6, 6.07) is 143. The van der Waals surface area contributed by atoms with Crippen LogP contribution in [0, 0.1) is 0 Å². The van der Waals surface area contributed by atoms with E-state index in [-0.39, 0.29) is 0 Å². The Morgan fingerprint density at radius 2 is 0.608 bits per heavy atom. The number of para-hydroxylation sites is 4. The molecule has 0 aliphatic heterocycles. The summed E-state index contributed by atoms with van der Waals surface area (Å²) in [6.07, 6.45) is 0. The lowest BCUT2D eigenvalue weighted by Gasteiger charge is -2.15. The number of nitrogens with zero attached hydrogens (tertiary/aromatic N) is 8. The monoisotopic (exact) mass is 1520 g/mol. The van der Waals surface area contributed by atoms with Crippen molar-refractivity contribution in [2.75, 3.05) is 0 Å². The molecule has 0 amide bonds. The largest absolute Gasteiger partial charge is 0.308 e. The van der Waals surface area contributed by atoms with E-state index < -0.39 is 0 Å². The van der Waals surface area contributed by atoms with Crippen LogP contribution < -0.4 is 0 Å². The number of hydrogen-bond acceptors (Lipinski definition) is 4. The fourth-order valence-corrected chi connectivity index (χ4v) is 20.6. The van der Waals surface area contributed by atoms with Gasteiger partial charge in [-0.3, -0.25) is 9.13 Å². The Bertz CT molecular complexity index is 9090.